The van der Waals surface area contributed by atoms with Gasteiger partial charge in [0.25, 0.3) is 0 Å². The van der Waals surface area contributed by atoms with Crippen LogP contribution in [0.2, 0.25) is 5.02 Å². The lowest BCUT2D eigenvalue weighted by atomic mass is 10.1. The van der Waals surface area contributed by atoms with Crippen LogP contribution in [-0.4, -0.2) is 31.3 Å². The Morgan fingerprint density at radius 1 is 1.08 bits per heavy atom. The molecule has 2 aromatic rings. The van der Waals surface area contributed by atoms with E-state index < -0.39 is 22.0 Å². The topological polar surface area (TPSA) is 101 Å². The number of carboxylic acid groups (broad SMARTS) is 1. The number of halogens is 1. The van der Waals surface area contributed by atoms with Gasteiger partial charge in [-0.15, -0.1) is 0 Å². The van der Waals surface area contributed by atoms with Crippen LogP contribution in [0.1, 0.15) is 22.8 Å². The van der Waals surface area contributed by atoms with Gasteiger partial charge in [-0.25, -0.2) is 8.42 Å². The van der Waals surface area contributed by atoms with Gasteiger partial charge < -0.3 is 5.11 Å². The third-order valence-corrected chi connectivity index (χ3v) is 5.26. The first-order valence-corrected chi connectivity index (χ1v) is 9.38. The second kappa shape index (κ2) is 8.27. The molecular weight excluding hydrogens is 378 g/mol. The van der Waals surface area contributed by atoms with E-state index in [4.69, 9.17) is 16.7 Å². The van der Waals surface area contributed by atoms with Crippen molar-refractivity contribution < 1.29 is 23.1 Å². The summed E-state index contributed by atoms with van der Waals surface area (Å²) in [6.07, 6.45) is 3.00. The maximum absolute atomic E-state index is 12.2. The van der Waals surface area contributed by atoms with Crippen LogP contribution in [0.5, 0.6) is 0 Å². The van der Waals surface area contributed by atoms with Crippen molar-refractivity contribution >= 4 is 39.5 Å². The Kier molecular flexibility index (Phi) is 6.31. The number of nitrogens with one attached hydrogen (secondary N) is 1. The van der Waals surface area contributed by atoms with E-state index in [1.807, 2.05) is 4.72 Å². The Hall–Kier alpha value is -2.48. The highest BCUT2D eigenvalue weighted by Gasteiger charge is 2.21. The summed E-state index contributed by atoms with van der Waals surface area (Å²) in [6.45, 7) is 1.22. The van der Waals surface area contributed by atoms with E-state index >= 15 is 0 Å². The summed E-state index contributed by atoms with van der Waals surface area (Å²) in [5, 5.41) is 9.38. The van der Waals surface area contributed by atoms with E-state index in [0.29, 0.717) is 10.6 Å². The van der Waals surface area contributed by atoms with Gasteiger partial charge >= 0.3 is 5.97 Å². The molecule has 0 radical (unpaired) electrons. The SMILES string of the molecule is C[C@@H](NS(=O)(=O)c1ccc(C(=O)/C=C\c2ccc(Cl)cc2)cc1)C(=O)O. The zero-order valence-electron chi connectivity index (χ0n) is 13.7. The van der Waals surface area contributed by atoms with Crippen molar-refractivity contribution in [1.29, 1.82) is 0 Å². The molecule has 0 amide bonds. The fraction of sp³-hybridized carbons (Fsp3) is 0.111. The number of allylic oxidation sites excluding steroid dienone is 1. The molecule has 8 heteroatoms. The molecule has 0 spiro atoms. The third kappa shape index (κ3) is 5.26. The van der Waals surface area contributed by atoms with E-state index in [0.717, 1.165) is 5.56 Å². The van der Waals surface area contributed by atoms with Crippen LogP contribution in [0.15, 0.2) is 59.5 Å². The third-order valence-electron chi connectivity index (χ3n) is 3.45. The maximum atomic E-state index is 12.2. The molecule has 0 bridgehead atoms. The van der Waals surface area contributed by atoms with Crippen LogP contribution in [-0.2, 0) is 14.8 Å². The predicted octanol–water partition coefficient (Wildman–Crippen LogP) is 2.99. The number of hydrogen-bond acceptors (Lipinski definition) is 4. The molecule has 0 aliphatic heterocycles. The summed E-state index contributed by atoms with van der Waals surface area (Å²) >= 11 is 5.79. The van der Waals surface area contributed by atoms with Crippen molar-refractivity contribution in [2.75, 3.05) is 0 Å². The molecule has 0 aliphatic rings. The fourth-order valence-electron chi connectivity index (χ4n) is 1.99. The van der Waals surface area contributed by atoms with Gasteiger partial charge in [-0.3, -0.25) is 9.59 Å². The highest BCUT2D eigenvalue weighted by Crippen LogP contribution is 2.14. The molecule has 6 nitrogen and oxygen atoms in total. The van der Waals surface area contributed by atoms with Crippen LogP contribution < -0.4 is 4.72 Å². The van der Waals surface area contributed by atoms with Crippen LogP contribution in [0.3, 0.4) is 0 Å². The summed E-state index contributed by atoms with van der Waals surface area (Å²) in [4.78, 5) is 22.8. The first kappa shape index (κ1) is 19.8. The molecule has 0 saturated heterocycles. The smallest absolute Gasteiger partial charge is 0.321 e. The van der Waals surface area contributed by atoms with Crippen molar-refractivity contribution in [3.05, 3.63) is 70.8 Å². The van der Waals surface area contributed by atoms with E-state index in [1.165, 1.54) is 37.3 Å². The van der Waals surface area contributed by atoms with Crippen LogP contribution >= 0.6 is 11.6 Å². The van der Waals surface area contributed by atoms with Crippen LogP contribution in [0.4, 0.5) is 0 Å². The number of benzene rings is 2. The van der Waals surface area contributed by atoms with E-state index in [2.05, 4.69) is 0 Å². The molecule has 2 rings (SSSR count). The minimum atomic E-state index is -3.98. The highest BCUT2D eigenvalue weighted by molar-refractivity contribution is 7.89. The molecule has 0 fully saturated rings. The Balaban J connectivity index is 2.12. The Labute approximate surface area is 156 Å². The minimum Gasteiger partial charge on any atom is -0.480 e. The van der Waals surface area contributed by atoms with Gasteiger partial charge in [0.15, 0.2) is 5.78 Å². The highest BCUT2D eigenvalue weighted by atomic mass is 35.5. The number of sulfonamides is 1. The van der Waals surface area contributed by atoms with E-state index in [9.17, 15) is 18.0 Å². The molecule has 2 aromatic carbocycles. The largest absolute Gasteiger partial charge is 0.480 e. The lowest BCUT2D eigenvalue weighted by molar-refractivity contribution is -0.138. The van der Waals surface area contributed by atoms with Crippen molar-refractivity contribution in [1.82, 2.24) is 4.72 Å². The van der Waals surface area contributed by atoms with E-state index in [1.54, 1.807) is 30.3 Å². The Morgan fingerprint density at radius 2 is 1.65 bits per heavy atom. The summed E-state index contributed by atoms with van der Waals surface area (Å²) in [5.74, 6) is -1.58. The Bertz CT molecular complexity index is 935. The molecule has 0 saturated carbocycles. The quantitative estimate of drug-likeness (QED) is 0.556. The molecule has 1 atom stereocenters. The van der Waals surface area contributed by atoms with Gasteiger partial charge in [-0.2, -0.15) is 4.72 Å². The summed E-state index contributed by atoms with van der Waals surface area (Å²) in [7, 11) is -3.98. The molecule has 2 N–H and O–H groups in total. The van der Waals surface area contributed by atoms with Crippen LogP contribution in [0.25, 0.3) is 6.08 Å². The van der Waals surface area contributed by atoms with Gasteiger partial charge in [-0.1, -0.05) is 29.8 Å². The molecule has 136 valence electrons. The first-order valence-electron chi connectivity index (χ1n) is 7.52. The van der Waals surface area contributed by atoms with E-state index in [-0.39, 0.29) is 10.7 Å². The summed E-state index contributed by atoms with van der Waals surface area (Å²) in [5.41, 5.74) is 1.11. The summed E-state index contributed by atoms with van der Waals surface area (Å²) in [6, 6.07) is 10.9. The normalized spacial score (nSPS) is 12.8. The van der Waals surface area contributed by atoms with Gasteiger partial charge in [0.2, 0.25) is 10.0 Å². The lowest BCUT2D eigenvalue weighted by Crippen LogP contribution is -2.38. The number of ketones is 1. The standard InChI is InChI=1S/C18H16ClNO5S/c1-12(18(22)23)20-26(24,25)16-9-5-14(6-10-16)17(21)11-4-13-2-7-15(19)8-3-13/h2-12,20H,1H3,(H,22,23)/b11-4-/t12-/m1/s1. The monoisotopic (exact) mass is 393 g/mol. The Morgan fingerprint density at radius 3 is 2.19 bits per heavy atom. The average Bonchev–Trinajstić information content (AvgIpc) is 2.60. The molecule has 26 heavy (non-hydrogen) atoms. The zero-order valence-corrected chi connectivity index (χ0v) is 15.3. The minimum absolute atomic E-state index is 0.121. The van der Waals surface area contributed by atoms with Gasteiger partial charge in [0, 0.05) is 10.6 Å². The van der Waals surface area contributed by atoms with Crippen molar-refractivity contribution in [3.8, 4) is 0 Å². The molecular formula is C18H16ClNO5S. The number of aliphatic carboxylic acids is 1. The van der Waals surface area contributed by atoms with Crippen LogP contribution in [0, 0.1) is 0 Å². The lowest BCUT2D eigenvalue weighted by Gasteiger charge is -2.10. The van der Waals surface area contributed by atoms with Crippen molar-refractivity contribution in [2.24, 2.45) is 0 Å². The second-order valence-corrected chi connectivity index (χ2v) is 7.61. The van der Waals surface area contributed by atoms with Crippen molar-refractivity contribution in [3.63, 3.8) is 0 Å². The molecule has 0 unspecified atom stereocenters. The average molecular weight is 394 g/mol. The number of carbonyl (C=O) groups is 2. The number of carbonyl (C=O) groups excluding carboxylic acids is 1. The summed E-state index contributed by atoms with van der Waals surface area (Å²) < 4.78 is 26.2. The first-order chi connectivity index (χ1) is 12.2. The fourth-order valence-corrected chi connectivity index (χ4v) is 3.31. The van der Waals surface area contributed by atoms with Gasteiger partial charge in [-0.05, 0) is 55.0 Å². The predicted molar refractivity (Wildman–Crippen MR) is 98.7 cm³/mol. The van der Waals surface area contributed by atoms with Gasteiger partial charge in [0.05, 0.1) is 4.90 Å². The molecule has 0 heterocycles. The number of rotatable bonds is 7. The molecule has 0 aliphatic carbocycles. The molecule has 0 aromatic heterocycles. The zero-order chi connectivity index (χ0) is 19.3. The maximum Gasteiger partial charge on any atom is 0.321 e. The van der Waals surface area contributed by atoms with Gasteiger partial charge in [0.1, 0.15) is 6.04 Å². The number of hydrogen-bond donors (Lipinski definition) is 2. The van der Waals surface area contributed by atoms with Crippen molar-refractivity contribution in [2.45, 2.75) is 17.9 Å². The number of carboxylic acids is 1. The second-order valence-electron chi connectivity index (χ2n) is 5.45.